The second-order valence-corrected chi connectivity index (χ2v) is 5.55. The molecule has 0 saturated carbocycles. The molecular formula is C16H23N3O3. The van der Waals surface area contributed by atoms with Gasteiger partial charge in [-0.1, -0.05) is 20.3 Å². The predicted molar refractivity (Wildman–Crippen MR) is 84.0 cm³/mol. The summed E-state index contributed by atoms with van der Waals surface area (Å²) < 4.78 is 6.75. The summed E-state index contributed by atoms with van der Waals surface area (Å²) in [5.41, 5.74) is 1.18. The molecule has 0 bridgehead atoms. The second-order valence-electron chi connectivity index (χ2n) is 5.55. The van der Waals surface area contributed by atoms with E-state index >= 15 is 0 Å². The summed E-state index contributed by atoms with van der Waals surface area (Å²) in [6.07, 6.45) is 3.66. The average Bonchev–Trinajstić information content (AvgIpc) is 2.88. The molecule has 6 nitrogen and oxygen atoms in total. The molecule has 0 spiro atoms. The molecule has 2 rings (SSSR count). The maximum atomic E-state index is 11.9. The highest BCUT2D eigenvalue weighted by Crippen LogP contribution is 2.30. The number of hydrogen-bond donors (Lipinski definition) is 1. The van der Waals surface area contributed by atoms with Crippen molar-refractivity contribution in [3.63, 3.8) is 0 Å². The number of aromatic hydroxyl groups is 1. The molecule has 2 aromatic rings. The zero-order valence-corrected chi connectivity index (χ0v) is 13.6. The zero-order valence-electron chi connectivity index (χ0n) is 13.6. The van der Waals surface area contributed by atoms with Gasteiger partial charge >= 0.3 is 5.97 Å². The van der Waals surface area contributed by atoms with Crippen LogP contribution in [-0.4, -0.2) is 32.4 Å². The van der Waals surface area contributed by atoms with Crippen LogP contribution in [0.4, 0.5) is 0 Å². The fraction of sp³-hybridized carbons (Fsp3) is 0.562. The van der Waals surface area contributed by atoms with Crippen molar-refractivity contribution in [2.45, 2.75) is 47.1 Å². The van der Waals surface area contributed by atoms with Crippen molar-refractivity contribution >= 4 is 17.0 Å². The molecule has 1 unspecified atom stereocenters. The van der Waals surface area contributed by atoms with Gasteiger partial charge in [-0.2, -0.15) is 5.10 Å². The van der Waals surface area contributed by atoms with E-state index in [2.05, 4.69) is 23.9 Å². The van der Waals surface area contributed by atoms with Gasteiger partial charge in [0.05, 0.1) is 23.9 Å². The molecule has 22 heavy (non-hydrogen) atoms. The molecule has 0 fully saturated rings. The van der Waals surface area contributed by atoms with Crippen LogP contribution in [0.1, 0.15) is 49.7 Å². The number of pyridine rings is 1. The molecule has 1 N–H and O–H groups in total. The summed E-state index contributed by atoms with van der Waals surface area (Å²) in [6.45, 7) is 8.76. The van der Waals surface area contributed by atoms with Gasteiger partial charge in [-0.3, -0.25) is 0 Å². The fourth-order valence-electron chi connectivity index (χ4n) is 2.34. The summed E-state index contributed by atoms with van der Waals surface area (Å²) in [5, 5.41) is 15.1. The van der Waals surface area contributed by atoms with E-state index in [1.54, 1.807) is 24.7 Å². The molecule has 2 aromatic heterocycles. The highest BCUT2D eigenvalue weighted by atomic mass is 16.5. The number of fused-ring (bicyclic) bond motifs is 1. The fourth-order valence-corrected chi connectivity index (χ4v) is 2.34. The Morgan fingerprint density at radius 3 is 2.82 bits per heavy atom. The molecule has 0 aliphatic rings. The minimum Gasteiger partial charge on any atom is -0.506 e. The lowest BCUT2D eigenvalue weighted by Gasteiger charge is -2.10. The van der Waals surface area contributed by atoms with E-state index in [0.29, 0.717) is 22.6 Å². The Morgan fingerprint density at radius 1 is 1.45 bits per heavy atom. The number of carbonyl (C=O) groups is 1. The number of aromatic nitrogens is 3. The van der Waals surface area contributed by atoms with Crippen molar-refractivity contribution in [2.75, 3.05) is 6.61 Å². The number of carbonyl (C=O) groups excluding carboxylic acids is 1. The summed E-state index contributed by atoms with van der Waals surface area (Å²) in [5.74, 6) is -0.0530. The highest BCUT2D eigenvalue weighted by molar-refractivity contribution is 5.99. The molecule has 1 atom stereocenters. The van der Waals surface area contributed by atoms with Gasteiger partial charge < -0.3 is 9.84 Å². The van der Waals surface area contributed by atoms with E-state index in [0.717, 1.165) is 19.4 Å². The number of ether oxygens (including phenoxy) is 1. The van der Waals surface area contributed by atoms with Gasteiger partial charge in [-0.15, -0.1) is 0 Å². The molecule has 0 saturated heterocycles. The van der Waals surface area contributed by atoms with Crippen molar-refractivity contribution in [1.82, 2.24) is 14.8 Å². The van der Waals surface area contributed by atoms with Crippen LogP contribution >= 0.6 is 0 Å². The van der Waals surface area contributed by atoms with Crippen LogP contribution in [0, 0.1) is 12.8 Å². The monoisotopic (exact) mass is 305 g/mol. The van der Waals surface area contributed by atoms with Crippen molar-refractivity contribution in [3.8, 4) is 5.75 Å². The number of hydrogen-bond acceptors (Lipinski definition) is 5. The van der Waals surface area contributed by atoms with Gasteiger partial charge in [0.25, 0.3) is 0 Å². The second kappa shape index (κ2) is 6.77. The molecule has 0 aliphatic carbocycles. The van der Waals surface area contributed by atoms with E-state index in [1.165, 1.54) is 0 Å². The maximum absolute atomic E-state index is 11.9. The quantitative estimate of drug-likeness (QED) is 0.830. The maximum Gasteiger partial charge on any atom is 0.343 e. The van der Waals surface area contributed by atoms with Gasteiger partial charge in [-0.25, -0.2) is 14.5 Å². The lowest BCUT2D eigenvalue weighted by molar-refractivity contribution is 0.0522. The average molecular weight is 305 g/mol. The first kappa shape index (κ1) is 16.3. The van der Waals surface area contributed by atoms with Crippen LogP contribution in [0.5, 0.6) is 5.75 Å². The van der Waals surface area contributed by atoms with Crippen molar-refractivity contribution in [3.05, 3.63) is 17.5 Å². The minimum atomic E-state index is -0.556. The largest absolute Gasteiger partial charge is 0.506 e. The Labute approximate surface area is 130 Å². The van der Waals surface area contributed by atoms with E-state index in [-0.39, 0.29) is 17.9 Å². The number of esters is 1. The number of nitrogens with zero attached hydrogens (tertiary/aromatic N) is 3. The molecule has 0 amide bonds. The SMILES string of the molecule is CCOC(=O)c1c(C)nc2c(cnn2CCC(C)CC)c1O. The number of aryl methyl sites for hydroxylation is 2. The zero-order chi connectivity index (χ0) is 16.3. The van der Waals surface area contributed by atoms with Crippen molar-refractivity contribution in [1.29, 1.82) is 0 Å². The number of rotatable bonds is 6. The molecule has 0 aromatic carbocycles. The summed E-state index contributed by atoms with van der Waals surface area (Å²) in [7, 11) is 0. The van der Waals surface area contributed by atoms with E-state index in [1.807, 2.05) is 0 Å². The van der Waals surface area contributed by atoms with E-state index in [4.69, 9.17) is 4.74 Å². The van der Waals surface area contributed by atoms with E-state index in [9.17, 15) is 9.90 Å². The molecule has 2 heterocycles. The Balaban J connectivity index is 2.40. The van der Waals surface area contributed by atoms with Crippen LogP contribution in [0.2, 0.25) is 0 Å². The van der Waals surface area contributed by atoms with Crippen LogP contribution in [-0.2, 0) is 11.3 Å². The van der Waals surface area contributed by atoms with Gasteiger partial charge in [-0.05, 0) is 26.2 Å². The lowest BCUT2D eigenvalue weighted by atomic mass is 10.1. The van der Waals surface area contributed by atoms with E-state index < -0.39 is 5.97 Å². The Morgan fingerprint density at radius 2 is 2.18 bits per heavy atom. The predicted octanol–water partition coefficient (Wildman–Crippen LogP) is 3.06. The lowest BCUT2D eigenvalue weighted by Crippen LogP contribution is -2.10. The smallest absolute Gasteiger partial charge is 0.343 e. The molecule has 120 valence electrons. The van der Waals surface area contributed by atoms with Crippen molar-refractivity contribution in [2.24, 2.45) is 5.92 Å². The van der Waals surface area contributed by atoms with Gasteiger partial charge in [0.2, 0.25) is 0 Å². The molecule has 0 radical (unpaired) electrons. The third-order valence-corrected chi connectivity index (χ3v) is 3.95. The minimum absolute atomic E-state index is 0.101. The summed E-state index contributed by atoms with van der Waals surface area (Å²) in [6, 6.07) is 0. The standard InChI is InChI=1S/C16H23N3O3/c1-5-10(3)7-8-19-15-12(9-17-19)14(20)13(11(4)18-15)16(21)22-6-2/h9-10H,5-8H2,1-4H3,(H,18,20). The first-order valence-corrected chi connectivity index (χ1v) is 7.71. The van der Waals surface area contributed by atoms with Crippen LogP contribution in [0.3, 0.4) is 0 Å². The molecule has 6 heteroatoms. The van der Waals surface area contributed by atoms with Crippen LogP contribution in [0.15, 0.2) is 6.20 Å². The Bertz CT molecular complexity index is 679. The highest BCUT2D eigenvalue weighted by Gasteiger charge is 2.22. The van der Waals surface area contributed by atoms with Gasteiger partial charge in [0.15, 0.2) is 5.65 Å². The first-order valence-electron chi connectivity index (χ1n) is 7.71. The third kappa shape index (κ3) is 3.05. The Hall–Kier alpha value is -2.11. The van der Waals surface area contributed by atoms with Gasteiger partial charge in [0, 0.05) is 6.54 Å². The van der Waals surface area contributed by atoms with Crippen LogP contribution in [0.25, 0.3) is 11.0 Å². The third-order valence-electron chi connectivity index (χ3n) is 3.95. The normalized spacial score (nSPS) is 12.5. The molecular weight excluding hydrogens is 282 g/mol. The summed E-state index contributed by atoms with van der Waals surface area (Å²) >= 11 is 0. The van der Waals surface area contributed by atoms with Crippen molar-refractivity contribution < 1.29 is 14.6 Å². The van der Waals surface area contributed by atoms with Crippen LogP contribution < -0.4 is 0 Å². The van der Waals surface area contributed by atoms with Gasteiger partial charge in [0.1, 0.15) is 11.3 Å². The molecule has 0 aliphatic heterocycles. The summed E-state index contributed by atoms with van der Waals surface area (Å²) in [4.78, 5) is 16.4. The Kier molecular flexibility index (Phi) is 5.00. The topological polar surface area (TPSA) is 77.2 Å². The first-order chi connectivity index (χ1) is 10.5.